The van der Waals surface area contributed by atoms with Crippen LogP contribution in [-0.4, -0.2) is 23.0 Å². The van der Waals surface area contributed by atoms with Crippen LogP contribution in [0.5, 0.6) is 0 Å². The zero-order valence-corrected chi connectivity index (χ0v) is 10.4. The molecule has 1 fully saturated rings. The quantitative estimate of drug-likeness (QED) is 0.816. The molecule has 0 bridgehead atoms. The Bertz CT molecular complexity index is 319. The van der Waals surface area contributed by atoms with Gasteiger partial charge in [-0.1, -0.05) is 0 Å². The van der Waals surface area contributed by atoms with Gasteiger partial charge in [-0.15, -0.1) is 11.3 Å². The number of rotatable bonds is 1. The van der Waals surface area contributed by atoms with Gasteiger partial charge in [0.2, 0.25) is 0 Å². The summed E-state index contributed by atoms with van der Waals surface area (Å²) in [5.74, 6) is 2.45. The molecule has 1 aliphatic heterocycles. The lowest BCUT2D eigenvalue weighted by atomic mass is 10.0. The van der Waals surface area contributed by atoms with Crippen molar-refractivity contribution in [2.45, 2.75) is 31.7 Å². The predicted molar refractivity (Wildman–Crippen MR) is 66.8 cm³/mol. The molecule has 1 N–H and O–H groups in total. The van der Waals surface area contributed by atoms with Gasteiger partial charge in [0.1, 0.15) is 5.01 Å². The van der Waals surface area contributed by atoms with Crippen LogP contribution in [0.3, 0.4) is 0 Å². The van der Waals surface area contributed by atoms with Crippen LogP contribution in [-0.2, 0) is 12.8 Å². The Morgan fingerprint density at radius 3 is 3.00 bits per heavy atom. The van der Waals surface area contributed by atoms with E-state index in [1.165, 1.54) is 47.9 Å². The molecule has 3 rings (SSSR count). The van der Waals surface area contributed by atoms with Crippen LogP contribution in [0.15, 0.2) is 0 Å². The lowest BCUT2D eigenvalue weighted by Gasteiger charge is -2.20. The average molecular weight is 240 g/mol. The van der Waals surface area contributed by atoms with Crippen molar-refractivity contribution in [1.82, 2.24) is 10.3 Å². The van der Waals surface area contributed by atoms with Crippen LogP contribution in [0.1, 0.15) is 34.5 Å². The highest BCUT2D eigenvalue weighted by Crippen LogP contribution is 2.31. The molecule has 0 amide bonds. The van der Waals surface area contributed by atoms with Crippen molar-refractivity contribution in [2.24, 2.45) is 0 Å². The van der Waals surface area contributed by atoms with E-state index in [9.17, 15) is 0 Å². The minimum absolute atomic E-state index is 0.527. The van der Waals surface area contributed by atoms with Crippen LogP contribution >= 0.6 is 23.1 Å². The number of aryl methyl sites for hydroxylation is 2. The fourth-order valence-electron chi connectivity index (χ4n) is 2.25. The van der Waals surface area contributed by atoms with Gasteiger partial charge in [0.05, 0.1) is 11.7 Å². The summed E-state index contributed by atoms with van der Waals surface area (Å²) < 4.78 is 0. The van der Waals surface area contributed by atoms with E-state index < -0.39 is 0 Å². The van der Waals surface area contributed by atoms with Gasteiger partial charge in [-0.2, -0.15) is 11.8 Å². The lowest BCUT2D eigenvalue weighted by molar-refractivity contribution is 0.588. The number of aromatic nitrogens is 1. The van der Waals surface area contributed by atoms with E-state index in [-0.39, 0.29) is 0 Å². The Hall–Kier alpha value is -0.0600. The first-order valence-electron chi connectivity index (χ1n) is 5.73. The molecular formula is C11H16N2S2. The maximum Gasteiger partial charge on any atom is 0.111 e. The molecule has 0 radical (unpaired) electrons. The van der Waals surface area contributed by atoms with Gasteiger partial charge >= 0.3 is 0 Å². The molecular weight excluding hydrogens is 224 g/mol. The molecule has 4 heteroatoms. The summed E-state index contributed by atoms with van der Waals surface area (Å²) >= 11 is 4.00. The summed E-state index contributed by atoms with van der Waals surface area (Å²) in [6.45, 7) is 1.14. The third kappa shape index (κ3) is 2.08. The van der Waals surface area contributed by atoms with Crippen molar-refractivity contribution in [2.75, 3.05) is 18.1 Å². The predicted octanol–water partition coefficient (Wildman–Crippen LogP) is 2.40. The van der Waals surface area contributed by atoms with Crippen molar-refractivity contribution in [3.8, 4) is 0 Å². The summed E-state index contributed by atoms with van der Waals surface area (Å²) in [4.78, 5) is 6.38. The smallest absolute Gasteiger partial charge is 0.111 e. The summed E-state index contributed by atoms with van der Waals surface area (Å²) in [5.41, 5.74) is 1.40. The molecule has 2 nitrogen and oxygen atoms in total. The van der Waals surface area contributed by atoms with Crippen LogP contribution in [0, 0.1) is 0 Å². The fourth-order valence-corrected chi connectivity index (χ4v) is 4.52. The molecule has 0 aromatic carbocycles. The van der Waals surface area contributed by atoms with Crippen LogP contribution in [0.4, 0.5) is 0 Å². The highest BCUT2D eigenvalue weighted by molar-refractivity contribution is 7.99. The first-order chi connectivity index (χ1) is 7.43. The molecule has 2 aliphatic rings. The lowest BCUT2D eigenvalue weighted by Crippen LogP contribution is -2.30. The minimum atomic E-state index is 0.527. The van der Waals surface area contributed by atoms with Crippen LogP contribution in [0.25, 0.3) is 0 Å². The molecule has 0 saturated carbocycles. The summed E-state index contributed by atoms with van der Waals surface area (Å²) in [5, 5.41) is 4.91. The molecule has 15 heavy (non-hydrogen) atoms. The Balaban J connectivity index is 1.82. The summed E-state index contributed by atoms with van der Waals surface area (Å²) in [7, 11) is 0. The number of thiazole rings is 1. The normalized spacial score (nSPS) is 26.3. The van der Waals surface area contributed by atoms with Gasteiger partial charge in [0.25, 0.3) is 0 Å². The van der Waals surface area contributed by atoms with Gasteiger partial charge < -0.3 is 5.32 Å². The van der Waals surface area contributed by atoms with E-state index >= 15 is 0 Å². The van der Waals surface area contributed by atoms with Crippen molar-refractivity contribution in [3.63, 3.8) is 0 Å². The zero-order valence-electron chi connectivity index (χ0n) is 8.79. The molecule has 1 aromatic rings. The third-order valence-electron chi connectivity index (χ3n) is 3.08. The van der Waals surface area contributed by atoms with Gasteiger partial charge in [-0.3, -0.25) is 0 Å². The van der Waals surface area contributed by atoms with Crippen molar-refractivity contribution in [3.05, 3.63) is 15.6 Å². The van der Waals surface area contributed by atoms with Crippen LogP contribution in [0.2, 0.25) is 0 Å². The molecule has 2 heterocycles. The van der Waals surface area contributed by atoms with Gasteiger partial charge in [-0.25, -0.2) is 4.98 Å². The van der Waals surface area contributed by atoms with E-state index in [4.69, 9.17) is 4.98 Å². The summed E-state index contributed by atoms with van der Waals surface area (Å²) in [6, 6.07) is 0.527. The first-order valence-corrected chi connectivity index (χ1v) is 7.70. The topological polar surface area (TPSA) is 24.9 Å². The maximum absolute atomic E-state index is 4.82. The second-order valence-electron chi connectivity index (χ2n) is 4.21. The number of hydrogen-bond acceptors (Lipinski definition) is 4. The van der Waals surface area contributed by atoms with Gasteiger partial charge in [-0.05, 0) is 25.7 Å². The molecule has 0 spiro atoms. The van der Waals surface area contributed by atoms with E-state index in [0.717, 1.165) is 6.54 Å². The molecule has 1 atom stereocenters. The minimum Gasteiger partial charge on any atom is -0.306 e. The fraction of sp³-hybridized carbons (Fsp3) is 0.727. The largest absolute Gasteiger partial charge is 0.306 e. The van der Waals surface area contributed by atoms with E-state index in [2.05, 4.69) is 5.32 Å². The number of thioether (sulfide) groups is 1. The SMILES string of the molecule is C1CCc2sc(C3CSCCN3)nc2C1. The molecule has 1 aromatic heterocycles. The second-order valence-corrected chi connectivity index (χ2v) is 6.48. The van der Waals surface area contributed by atoms with E-state index in [0.29, 0.717) is 6.04 Å². The van der Waals surface area contributed by atoms with E-state index in [1.807, 2.05) is 23.1 Å². The Morgan fingerprint density at radius 2 is 2.20 bits per heavy atom. The van der Waals surface area contributed by atoms with Crippen molar-refractivity contribution >= 4 is 23.1 Å². The summed E-state index contributed by atoms with van der Waals surface area (Å²) in [6.07, 6.45) is 5.18. The second kappa shape index (κ2) is 4.44. The van der Waals surface area contributed by atoms with Gasteiger partial charge in [0, 0.05) is 22.9 Å². The number of fused-ring (bicyclic) bond motifs is 1. The number of nitrogens with one attached hydrogen (secondary N) is 1. The highest BCUT2D eigenvalue weighted by atomic mass is 32.2. The molecule has 1 aliphatic carbocycles. The average Bonchev–Trinajstić information content (AvgIpc) is 2.74. The monoisotopic (exact) mass is 240 g/mol. The third-order valence-corrected chi connectivity index (χ3v) is 5.41. The Labute approximate surface area is 98.9 Å². The molecule has 1 unspecified atom stereocenters. The standard InChI is InChI=1S/C11H16N2S2/c1-2-4-10-8(3-1)13-11(15-10)9-7-14-6-5-12-9/h9,12H,1-7H2. The Kier molecular flexibility index (Phi) is 2.99. The maximum atomic E-state index is 4.82. The van der Waals surface area contributed by atoms with Crippen LogP contribution < -0.4 is 5.32 Å². The number of hydrogen-bond donors (Lipinski definition) is 1. The Morgan fingerprint density at radius 1 is 1.27 bits per heavy atom. The highest BCUT2D eigenvalue weighted by Gasteiger charge is 2.22. The van der Waals surface area contributed by atoms with Crippen molar-refractivity contribution in [1.29, 1.82) is 0 Å². The van der Waals surface area contributed by atoms with E-state index in [1.54, 1.807) is 4.88 Å². The zero-order chi connectivity index (χ0) is 10.1. The first kappa shape index (κ1) is 10.1. The van der Waals surface area contributed by atoms with Crippen molar-refractivity contribution < 1.29 is 0 Å². The molecule has 82 valence electrons. The molecule has 1 saturated heterocycles. The number of nitrogens with zero attached hydrogens (tertiary/aromatic N) is 1. The van der Waals surface area contributed by atoms with Gasteiger partial charge in [0.15, 0.2) is 0 Å².